The Hall–Kier alpha value is -0.0400. The summed E-state index contributed by atoms with van der Waals surface area (Å²) < 4.78 is 0. The fraction of sp³-hybridized carbons (Fsp3) is 1.00. The van der Waals surface area contributed by atoms with Gasteiger partial charge in [-0.25, -0.2) is 0 Å². The van der Waals surface area contributed by atoms with E-state index < -0.39 is 0 Å². The van der Waals surface area contributed by atoms with Crippen molar-refractivity contribution in [1.82, 2.24) is 0 Å². The number of fused-ring (bicyclic) bond motifs is 1. The molecule has 2 saturated carbocycles. The van der Waals surface area contributed by atoms with Crippen LogP contribution in [0.1, 0.15) is 51.9 Å². The first-order chi connectivity index (χ1) is 6.33. The predicted octanol–water partition coefficient (Wildman–Crippen LogP) is 2.94. The van der Waals surface area contributed by atoms with Gasteiger partial charge in [0, 0.05) is 6.04 Å². The van der Waals surface area contributed by atoms with Gasteiger partial charge >= 0.3 is 0 Å². The van der Waals surface area contributed by atoms with Crippen LogP contribution in [0.25, 0.3) is 0 Å². The molecule has 1 heteroatoms. The molecule has 0 saturated heterocycles. The Morgan fingerprint density at radius 2 is 1.69 bits per heavy atom. The van der Waals surface area contributed by atoms with Crippen LogP contribution >= 0.6 is 0 Å². The monoisotopic (exact) mass is 181 g/mol. The van der Waals surface area contributed by atoms with Crippen molar-refractivity contribution in [2.24, 2.45) is 23.5 Å². The molecule has 0 aromatic carbocycles. The van der Waals surface area contributed by atoms with Crippen LogP contribution in [0.4, 0.5) is 0 Å². The Morgan fingerprint density at radius 1 is 1.00 bits per heavy atom. The average molecular weight is 181 g/mol. The fourth-order valence-electron chi connectivity index (χ4n) is 3.65. The van der Waals surface area contributed by atoms with E-state index in [0.717, 1.165) is 17.8 Å². The van der Waals surface area contributed by atoms with Crippen LogP contribution in [0.3, 0.4) is 0 Å². The maximum atomic E-state index is 6.21. The van der Waals surface area contributed by atoms with Crippen LogP contribution in [-0.4, -0.2) is 6.04 Å². The quantitative estimate of drug-likeness (QED) is 0.661. The molecular weight excluding hydrogens is 158 g/mol. The molecule has 0 aromatic rings. The van der Waals surface area contributed by atoms with Gasteiger partial charge < -0.3 is 5.73 Å². The lowest BCUT2D eigenvalue weighted by Crippen LogP contribution is -2.44. The van der Waals surface area contributed by atoms with Crippen molar-refractivity contribution in [3.63, 3.8) is 0 Å². The van der Waals surface area contributed by atoms with Gasteiger partial charge in [-0.2, -0.15) is 0 Å². The number of nitrogens with two attached hydrogens (primary N) is 1. The third kappa shape index (κ3) is 1.76. The molecule has 2 rings (SSSR count). The zero-order chi connectivity index (χ0) is 9.26. The molecule has 13 heavy (non-hydrogen) atoms. The lowest BCUT2D eigenvalue weighted by molar-refractivity contribution is 0.0826. The highest BCUT2D eigenvalue weighted by atomic mass is 14.7. The Balaban J connectivity index is 2.05. The van der Waals surface area contributed by atoms with Crippen LogP contribution in [0, 0.1) is 17.8 Å². The molecule has 4 atom stereocenters. The summed E-state index contributed by atoms with van der Waals surface area (Å²) in [5.74, 6) is 2.88. The minimum atomic E-state index is 0.535. The van der Waals surface area contributed by atoms with Gasteiger partial charge in [0.25, 0.3) is 0 Å². The number of hydrogen-bond acceptors (Lipinski definition) is 1. The number of rotatable bonds is 1. The van der Waals surface area contributed by atoms with Crippen molar-refractivity contribution in [3.05, 3.63) is 0 Å². The van der Waals surface area contributed by atoms with Gasteiger partial charge in [-0.1, -0.05) is 26.2 Å². The standard InChI is InChI=1S/C12H23N/c1-2-9-7-8-12(13)11-6-4-3-5-10(9)11/h9-12H,2-8,13H2,1H3. The van der Waals surface area contributed by atoms with Crippen molar-refractivity contribution in [1.29, 1.82) is 0 Å². The first-order valence-corrected chi connectivity index (χ1v) is 6.08. The summed E-state index contributed by atoms with van der Waals surface area (Å²) in [7, 11) is 0. The van der Waals surface area contributed by atoms with Gasteiger partial charge in [0.1, 0.15) is 0 Å². The number of hydrogen-bond donors (Lipinski definition) is 1. The van der Waals surface area contributed by atoms with E-state index in [1.165, 1.54) is 44.9 Å². The zero-order valence-electron chi connectivity index (χ0n) is 8.84. The molecule has 2 aliphatic rings. The van der Waals surface area contributed by atoms with E-state index in [1.54, 1.807) is 0 Å². The highest BCUT2D eigenvalue weighted by Gasteiger charge is 2.37. The molecule has 1 nitrogen and oxygen atoms in total. The topological polar surface area (TPSA) is 26.0 Å². The van der Waals surface area contributed by atoms with E-state index in [2.05, 4.69) is 6.92 Å². The van der Waals surface area contributed by atoms with E-state index in [9.17, 15) is 0 Å². The predicted molar refractivity (Wildman–Crippen MR) is 56.4 cm³/mol. The third-order valence-corrected chi connectivity index (χ3v) is 4.43. The summed E-state index contributed by atoms with van der Waals surface area (Å²) >= 11 is 0. The van der Waals surface area contributed by atoms with Crippen molar-refractivity contribution >= 4 is 0 Å². The minimum Gasteiger partial charge on any atom is -0.327 e. The molecule has 4 unspecified atom stereocenters. The molecule has 0 aromatic heterocycles. The third-order valence-electron chi connectivity index (χ3n) is 4.43. The normalized spacial score (nSPS) is 45.7. The van der Waals surface area contributed by atoms with Crippen LogP contribution < -0.4 is 5.73 Å². The van der Waals surface area contributed by atoms with Crippen LogP contribution in [0.5, 0.6) is 0 Å². The SMILES string of the molecule is CCC1CCC(N)C2CCCCC12. The summed E-state index contributed by atoms with van der Waals surface area (Å²) in [6, 6.07) is 0.535. The second kappa shape index (κ2) is 4.00. The summed E-state index contributed by atoms with van der Waals surface area (Å²) in [6.07, 6.45) is 9.86. The van der Waals surface area contributed by atoms with Crippen LogP contribution in [0.15, 0.2) is 0 Å². The summed E-state index contributed by atoms with van der Waals surface area (Å²) in [5, 5.41) is 0. The highest BCUT2D eigenvalue weighted by Crippen LogP contribution is 2.44. The van der Waals surface area contributed by atoms with Crippen LogP contribution in [0.2, 0.25) is 0 Å². The van der Waals surface area contributed by atoms with Crippen molar-refractivity contribution in [3.8, 4) is 0 Å². The summed E-state index contributed by atoms with van der Waals surface area (Å²) in [4.78, 5) is 0. The molecule has 2 N–H and O–H groups in total. The van der Waals surface area contributed by atoms with E-state index in [-0.39, 0.29) is 0 Å². The zero-order valence-corrected chi connectivity index (χ0v) is 8.84. The molecule has 0 amide bonds. The molecule has 2 fully saturated rings. The Morgan fingerprint density at radius 3 is 2.38 bits per heavy atom. The second-order valence-electron chi connectivity index (χ2n) is 5.02. The van der Waals surface area contributed by atoms with Gasteiger partial charge in [-0.05, 0) is 43.4 Å². The lowest BCUT2D eigenvalue weighted by atomic mass is 9.63. The second-order valence-corrected chi connectivity index (χ2v) is 5.02. The van der Waals surface area contributed by atoms with Gasteiger partial charge in [-0.3, -0.25) is 0 Å². The molecule has 0 heterocycles. The minimum absolute atomic E-state index is 0.535. The van der Waals surface area contributed by atoms with E-state index in [0.29, 0.717) is 6.04 Å². The summed E-state index contributed by atoms with van der Waals surface area (Å²) in [5.41, 5.74) is 6.21. The lowest BCUT2D eigenvalue weighted by Gasteiger charge is -2.44. The smallest absolute Gasteiger partial charge is 0.00700 e. The maximum absolute atomic E-state index is 6.21. The van der Waals surface area contributed by atoms with Gasteiger partial charge in [0.05, 0.1) is 0 Å². The molecule has 0 bridgehead atoms. The van der Waals surface area contributed by atoms with Crippen molar-refractivity contribution in [2.75, 3.05) is 0 Å². The molecule has 2 aliphatic carbocycles. The van der Waals surface area contributed by atoms with Gasteiger partial charge in [0.2, 0.25) is 0 Å². The molecule has 0 aliphatic heterocycles. The van der Waals surface area contributed by atoms with Crippen molar-refractivity contribution < 1.29 is 0 Å². The molecular formula is C12H23N. The Bertz CT molecular complexity index is 167. The maximum Gasteiger partial charge on any atom is 0.00700 e. The average Bonchev–Trinajstić information content (AvgIpc) is 2.19. The van der Waals surface area contributed by atoms with E-state index >= 15 is 0 Å². The molecule has 0 spiro atoms. The highest BCUT2D eigenvalue weighted by molar-refractivity contribution is 4.91. The first kappa shape index (κ1) is 9.51. The van der Waals surface area contributed by atoms with E-state index in [1.807, 2.05) is 0 Å². The van der Waals surface area contributed by atoms with Gasteiger partial charge in [-0.15, -0.1) is 0 Å². The van der Waals surface area contributed by atoms with Gasteiger partial charge in [0.15, 0.2) is 0 Å². The fourth-order valence-corrected chi connectivity index (χ4v) is 3.65. The molecule has 76 valence electrons. The first-order valence-electron chi connectivity index (χ1n) is 6.08. The van der Waals surface area contributed by atoms with Crippen LogP contribution in [-0.2, 0) is 0 Å². The Kier molecular flexibility index (Phi) is 2.92. The largest absolute Gasteiger partial charge is 0.327 e. The molecule has 0 radical (unpaired) electrons. The Labute approximate surface area is 82.1 Å². The summed E-state index contributed by atoms with van der Waals surface area (Å²) in [6.45, 7) is 2.35. The van der Waals surface area contributed by atoms with E-state index in [4.69, 9.17) is 5.73 Å². The van der Waals surface area contributed by atoms with Crippen molar-refractivity contribution in [2.45, 2.75) is 57.9 Å².